The minimum Gasteiger partial charge on any atom is -0.359 e. The number of carbonyl (C=O) groups is 1. The predicted molar refractivity (Wildman–Crippen MR) is 75.3 cm³/mol. The SMILES string of the molecule is CNC(=O)CC(CN)N(CC(C)C)C1CCCC1. The molecule has 0 radical (unpaired) electrons. The molecule has 4 heteroatoms. The topological polar surface area (TPSA) is 58.4 Å². The predicted octanol–water partition coefficient (Wildman–Crippen LogP) is 1.35. The largest absolute Gasteiger partial charge is 0.359 e. The highest BCUT2D eigenvalue weighted by atomic mass is 16.1. The van der Waals surface area contributed by atoms with Gasteiger partial charge in [-0.25, -0.2) is 0 Å². The molecule has 0 bridgehead atoms. The minimum absolute atomic E-state index is 0.0946. The first-order chi connectivity index (χ1) is 8.58. The van der Waals surface area contributed by atoms with E-state index in [-0.39, 0.29) is 11.9 Å². The lowest BCUT2D eigenvalue weighted by Gasteiger charge is -2.37. The maximum absolute atomic E-state index is 11.6. The maximum Gasteiger partial charge on any atom is 0.221 e. The summed E-state index contributed by atoms with van der Waals surface area (Å²) in [5, 5.41) is 2.71. The van der Waals surface area contributed by atoms with Gasteiger partial charge in [-0.2, -0.15) is 0 Å². The molecule has 106 valence electrons. The molecule has 1 saturated carbocycles. The van der Waals surface area contributed by atoms with E-state index in [1.807, 2.05) is 0 Å². The quantitative estimate of drug-likeness (QED) is 0.722. The number of carbonyl (C=O) groups excluding carboxylic acids is 1. The van der Waals surface area contributed by atoms with E-state index in [2.05, 4.69) is 24.1 Å². The standard InChI is InChI=1S/C14H29N3O/c1-11(2)10-17(12-6-4-5-7-12)13(9-15)8-14(18)16-3/h11-13H,4-10,15H2,1-3H3,(H,16,18). The van der Waals surface area contributed by atoms with Crippen LogP contribution in [0, 0.1) is 5.92 Å². The summed E-state index contributed by atoms with van der Waals surface area (Å²) >= 11 is 0. The van der Waals surface area contributed by atoms with Crippen LogP contribution in [0.2, 0.25) is 0 Å². The van der Waals surface area contributed by atoms with Crippen LogP contribution in [0.3, 0.4) is 0 Å². The van der Waals surface area contributed by atoms with Gasteiger partial charge in [-0.1, -0.05) is 26.7 Å². The first kappa shape index (κ1) is 15.4. The molecule has 0 spiro atoms. The van der Waals surface area contributed by atoms with Crippen molar-refractivity contribution in [1.82, 2.24) is 10.2 Å². The van der Waals surface area contributed by atoms with Crippen molar-refractivity contribution in [3.8, 4) is 0 Å². The fourth-order valence-electron chi connectivity index (χ4n) is 2.91. The molecule has 0 heterocycles. The molecular weight excluding hydrogens is 226 g/mol. The van der Waals surface area contributed by atoms with E-state index >= 15 is 0 Å². The number of hydrogen-bond acceptors (Lipinski definition) is 3. The molecule has 0 saturated heterocycles. The maximum atomic E-state index is 11.6. The Balaban J connectivity index is 2.67. The van der Waals surface area contributed by atoms with Crippen LogP contribution in [0.4, 0.5) is 0 Å². The van der Waals surface area contributed by atoms with Crippen LogP contribution in [-0.4, -0.2) is 43.0 Å². The summed E-state index contributed by atoms with van der Waals surface area (Å²) in [7, 11) is 1.69. The zero-order valence-electron chi connectivity index (χ0n) is 12.1. The Labute approximate surface area is 111 Å². The summed E-state index contributed by atoms with van der Waals surface area (Å²) in [6, 6.07) is 0.820. The third-order valence-electron chi connectivity index (χ3n) is 3.81. The Morgan fingerprint density at radius 1 is 1.39 bits per heavy atom. The molecule has 1 amide bonds. The van der Waals surface area contributed by atoms with Crippen molar-refractivity contribution < 1.29 is 4.79 Å². The molecule has 0 aromatic rings. The zero-order chi connectivity index (χ0) is 13.5. The summed E-state index contributed by atoms with van der Waals surface area (Å²) in [5.41, 5.74) is 5.90. The van der Waals surface area contributed by atoms with Crippen LogP contribution < -0.4 is 11.1 Å². The van der Waals surface area contributed by atoms with Crippen molar-refractivity contribution >= 4 is 5.91 Å². The van der Waals surface area contributed by atoms with Crippen molar-refractivity contribution in [2.45, 2.75) is 58.0 Å². The Bertz CT molecular complexity index is 249. The van der Waals surface area contributed by atoms with Gasteiger partial charge in [0.25, 0.3) is 0 Å². The summed E-state index contributed by atoms with van der Waals surface area (Å²) < 4.78 is 0. The van der Waals surface area contributed by atoms with Gasteiger partial charge in [0.15, 0.2) is 0 Å². The molecule has 18 heavy (non-hydrogen) atoms. The lowest BCUT2D eigenvalue weighted by Crippen LogP contribution is -2.49. The first-order valence-corrected chi connectivity index (χ1v) is 7.24. The Morgan fingerprint density at radius 2 is 2.00 bits per heavy atom. The van der Waals surface area contributed by atoms with Gasteiger partial charge >= 0.3 is 0 Å². The van der Waals surface area contributed by atoms with Crippen molar-refractivity contribution in [3.05, 3.63) is 0 Å². The molecule has 1 rings (SSSR count). The number of rotatable bonds is 7. The zero-order valence-corrected chi connectivity index (χ0v) is 12.1. The second-order valence-electron chi connectivity index (χ2n) is 5.80. The van der Waals surface area contributed by atoms with Gasteiger partial charge in [0.2, 0.25) is 5.91 Å². The van der Waals surface area contributed by atoms with Crippen LogP contribution in [0.25, 0.3) is 0 Å². The summed E-state index contributed by atoms with van der Waals surface area (Å²) in [4.78, 5) is 14.1. The number of hydrogen-bond donors (Lipinski definition) is 2. The Kier molecular flexibility index (Phi) is 6.65. The third kappa shape index (κ3) is 4.58. The average Bonchev–Trinajstić information content (AvgIpc) is 2.86. The second-order valence-corrected chi connectivity index (χ2v) is 5.80. The van der Waals surface area contributed by atoms with Crippen molar-refractivity contribution in [2.75, 3.05) is 20.1 Å². The first-order valence-electron chi connectivity index (χ1n) is 7.24. The molecular formula is C14H29N3O. The molecule has 0 aromatic carbocycles. The van der Waals surface area contributed by atoms with E-state index in [1.165, 1.54) is 25.7 Å². The van der Waals surface area contributed by atoms with Crippen molar-refractivity contribution in [2.24, 2.45) is 11.7 Å². The molecule has 1 aliphatic rings. The Hall–Kier alpha value is -0.610. The number of nitrogens with two attached hydrogens (primary N) is 1. The average molecular weight is 255 g/mol. The fourth-order valence-corrected chi connectivity index (χ4v) is 2.91. The normalized spacial score (nSPS) is 18.6. The molecule has 4 nitrogen and oxygen atoms in total. The fraction of sp³-hybridized carbons (Fsp3) is 0.929. The smallest absolute Gasteiger partial charge is 0.221 e. The number of nitrogens with one attached hydrogen (secondary N) is 1. The highest BCUT2D eigenvalue weighted by molar-refractivity contribution is 5.76. The van der Waals surface area contributed by atoms with E-state index in [1.54, 1.807) is 7.05 Å². The summed E-state index contributed by atoms with van der Waals surface area (Å²) in [5.74, 6) is 0.710. The van der Waals surface area contributed by atoms with E-state index in [9.17, 15) is 4.79 Å². The van der Waals surface area contributed by atoms with Crippen LogP contribution in [-0.2, 0) is 4.79 Å². The van der Waals surface area contributed by atoms with Gasteiger partial charge in [-0.05, 0) is 18.8 Å². The molecule has 1 fully saturated rings. The van der Waals surface area contributed by atoms with Crippen molar-refractivity contribution in [3.63, 3.8) is 0 Å². The molecule has 1 unspecified atom stereocenters. The van der Waals surface area contributed by atoms with E-state index < -0.39 is 0 Å². The van der Waals surface area contributed by atoms with E-state index in [4.69, 9.17) is 5.73 Å². The van der Waals surface area contributed by atoms with Gasteiger partial charge in [-0.15, -0.1) is 0 Å². The van der Waals surface area contributed by atoms with Crippen LogP contribution in [0.1, 0.15) is 46.0 Å². The monoisotopic (exact) mass is 255 g/mol. The highest BCUT2D eigenvalue weighted by Crippen LogP contribution is 2.26. The minimum atomic E-state index is 0.0946. The van der Waals surface area contributed by atoms with E-state index in [0.717, 1.165) is 6.54 Å². The third-order valence-corrected chi connectivity index (χ3v) is 3.81. The van der Waals surface area contributed by atoms with Crippen molar-refractivity contribution in [1.29, 1.82) is 0 Å². The molecule has 1 aliphatic carbocycles. The van der Waals surface area contributed by atoms with Gasteiger partial charge in [-0.3, -0.25) is 9.69 Å². The lowest BCUT2D eigenvalue weighted by molar-refractivity contribution is -0.122. The summed E-state index contributed by atoms with van der Waals surface area (Å²) in [6.07, 6.45) is 5.68. The summed E-state index contributed by atoms with van der Waals surface area (Å²) in [6.45, 7) is 6.07. The number of amides is 1. The second kappa shape index (κ2) is 7.74. The molecule has 0 aliphatic heterocycles. The van der Waals surface area contributed by atoms with Crippen LogP contribution >= 0.6 is 0 Å². The molecule has 1 atom stereocenters. The van der Waals surface area contributed by atoms with Gasteiger partial charge in [0.05, 0.1) is 0 Å². The lowest BCUT2D eigenvalue weighted by atomic mass is 10.0. The molecule has 0 aromatic heterocycles. The van der Waals surface area contributed by atoms with Gasteiger partial charge in [0.1, 0.15) is 0 Å². The molecule has 3 N–H and O–H groups in total. The van der Waals surface area contributed by atoms with Gasteiger partial charge < -0.3 is 11.1 Å². The number of nitrogens with zero attached hydrogens (tertiary/aromatic N) is 1. The van der Waals surface area contributed by atoms with Crippen LogP contribution in [0.5, 0.6) is 0 Å². The van der Waals surface area contributed by atoms with E-state index in [0.29, 0.717) is 24.9 Å². The van der Waals surface area contributed by atoms with Gasteiger partial charge in [0, 0.05) is 38.6 Å². The highest BCUT2D eigenvalue weighted by Gasteiger charge is 2.29. The van der Waals surface area contributed by atoms with Crippen LogP contribution in [0.15, 0.2) is 0 Å². The Morgan fingerprint density at radius 3 is 2.44 bits per heavy atom.